The molecule has 1 atom stereocenters. The van der Waals surface area contributed by atoms with E-state index >= 15 is 0 Å². The van der Waals surface area contributed by atoms with Crippen molar-refractivity contribution >= 4 is 21.4 Å². The fourth-order valence-electron chi connectivity index (χ4n) is 3.30. The average molecular weight is 374 g/mol. The van der Waals surface area contributed by atoms with Crippen molar-refractivity contribution < 1.29 is 8.42 Å². The molecule has 0 N–H and O–H groups in total. The fourth-order valence-corrected chi connectivity index (χ4v) is 5.94. The van der Waals surface area contributed by atoms with Gasteiger partial charge in [0.25, 0.3) is 10.0 Å². The topological polar surface area (TPSA) is 68.1 Å². The zero-order valence-electron chi connectivity index (χ0n) is 13.7. The lowest BCUT2D eigenvalue weighted by molar-refractivity contribution is 0.452. The third kappa shape index (κ3) is 2.90. The van der Waals surface area contributed by atoms with Crippen LogP contribution in [0.1, 0.15) is 18.2 Å². The molecular weight excluding hydrogens is 356 g/mol. The summed E-state index contributed by atoms with van der Waals surface area (Å²) in [6.45, 7) is 3.00. The van der Waals surface area contributed by atoms with Gasteiger partial charge >= 0.3 is 0 Å². The van der Waals surface area contributed by atoms with Crippen molar-refractivity contribution in [2.24, 2.45) is 0 Å². The quantitative estimate of drug-likeness (QED) is 0.704. The molecule has 8 heteroatoms. The third-order valence-electron chi connectivity index (χ3n) is 4.50. The van der Waals surface area contributed by atoms with Gasteiger partial charge in [0, 0.05) is 42.9 Å². The lowest BCUT2D eigenvalue weighted by Crippen LogP contribution is -2.29. The molecule has 0 bridgehead atoms. The predicted molar refractivity (Wildman–Crippen MR) is 96.9 cm³/mol. The van der Waals surface area contributed by atoms with Gasteiger partial charge in [-0.3, -0.25) is 4.98 Å². The maximum Gasteiger partial charge on any atom is 0.252 e. The highest BCUT2D eigenvalue weighted by Crippen LogP contribution is 2.33. The van der Waals surface area contributed by atoms with Gasteiger partial charge in [0.1, 0.15) is 10.0 Å². The number of hydrogen-bond donors (Lipinski definition) is 0. The van der Waals surface area contributed by atoms with Crippen molar-refractivity contribution in [3.63, 3.8) is 0 Å². The summed E-state index contributed by atoms with van der Waals surface area (Å²) in [6, 6.07) is 7.37. The Hall–Kier alpha value is -2.03. The summed E-state index contributed by atoms with van der Waals surface area (Å²) in [6.07, 6.45) is 6.10. The van der Waals surface area contributed by atoms with Crippen LogP contribution in [0.3, 0.4) is 0 Å². The van der Waals surface area contributed by atoms with Crippen LogP contribution >= 0.6 is 11.3 Å². The Balaban J connectivity index is 1.64. The highest BCUT2D eigenvalue weighted by Gasteiger charge is 2.35. The number of thiophene rings is 1. The number of aromatic nitrogens is 3. The molecule has 0 spiro atoms. The third-order valence-corrected chi connectivity index (χ3v) is 7.74. The van der Waals surface area contributed by atoms with Gasteiger partial charge in [-0.25, -0.2) is 13.4 Å². The summed E-state index contributed by atoms with van der Waals surface area (Å²) < 4.78 is 29.6. The maximum absolute atomic E-state index is 12.8. The minimum Gasteiger partial charge on any atom is -0.324 e. The second kappa shape index (κ2) is 6.36. The monoisotopic (exact) mass is 374 g/mol. The van der Waals surface area contributed by atoms with E-state index in [1.54, 1.807) is 34.2 Å². The molecule has 1 unspecified atom stereocenters. The molecule has 6 nitrogen and oxygen atoms in total. The average Bonchev–Trinajstić information content (AvgIpc) is 3.36. The van der Waals surface area contributed by atoms with Crippen LogP contribution in [0.4, 0.5) is 0 Å². The Morgan fingerprint density at radius 1 is 1.24 bits per heavy atom. The summed E-state index contributed by atoms with van der Waals surface area (Å²) >= 11 is 1.26. The van der Waals surface area contributed by atoms with Crippen LogP contribution in [0, 0.1) is 6.92 Å². The Labute approximate surface area is 150 Å². The Bertz CT molecular complexity index is 966. The molecule has 3 aromatic rings. The number of nitrogens with zero attached hydrogens (tertiary/aromatic N) is 4. The zero-order valence-corrected chi connectivity index (χ0v) is 15.4. The highest BCUT2D eigenvalue weighted by atomic mass is 32.2. The lowest BCUT2D eigenvalue weighted by Gasteiger charge is -2.19. The smallest absolute Gasteiger partial charge is 0.252 e. The van der Waals surface area contributed by atoms with Crippen LogP contribution in [0.25, 0.3) is 11.4 Å². The molecule has 1 aliphatic rings. The SMILES string of the molecule is Cc1cnc(-c2ccncc2)n1C1CCN(S(=O)(=O)c2cccs2)C1. The van der Waals surface area contributed by atoms with E-state index in [-0.39, 0.29) is 6.04 Å². The van der Waals surface area contributed by atoms with Crippen molar-refractivity contribution in [3.8, 4) is 11.4 Å². The minimum atomic E-state index is -3.40. The van der Waals surface area contributed by atoms with E-state index < -0.39 is 10.0 Å². The largest absolute Gasteiger partial charge is 0.324 e. The molecule has 0 amide bonds. The molecule has 1 aliphatic heterocycles. The number of sulfonamides is 1. The standard InChI is InChI=1S/C17H18N4O2S2/c1-13-11-19-17(14-4-7-18-8-5-14)21(13)15-6-9-20(12-15)25(22,23)16-3-2-10-24-16/h2-5,7-8,10-11,15H,6,9,12H2,1H3. The van der Waals surface area contributed by atoms with Gasteiger partial charge in [-0.05, 0) is 36.9 Å². The summed E-state index contributed by atoms with van der Waals surface area (Å²) in [5, 5.41) is 1.79. The molecule has 0 aromatic carbocycles. The van der Waals surface area contributed by atoms with Crippen LogP contribution < -0.4 is 0 Å². The van der Waals surface area contributed by atoms with Gasteiger partial charge in [0.15, 0.2) is 0 Å². The number of aryl methyl sites for hydroxylation is 1. The van der Waals surface area contributed by atoms with Crippen LogP contribution in [0.15, 0.2) is 52.4 Å². The maximum atomic E-state index is 12.8. The second-order valence-electron chi connectivity index (χ2n) is 6.07. The van der Waals surface area contributed by atoms with Gasteiger partial charge in [-0.1, -0.05) is 6.07 Å². The van der Waals surface area contributed by atoms with E-state index in [0.717, 1.165) is 23.5 Å². The highest BCUT2D eigenvalue weighted by molar-refractivity contribution is 7.91. The molecular formula is C17H18N4O2S2. The Morgan fingerprint density at radius 2 is 2.04 bits per heavy atom. The van der Waals surface area contributed by atoms with Crippen LogP contribution in [-0.2, 0) is 10.0 Å². The molecule has 130 valence electrons. The number of rotatable bonds is 4. The van der Waals surface area contributed by atoms with Crippen LogP contribution in [0.5, 0.6) is 0 Å². The van der Waals surface area contributed by atoms with Crippen molar-refractivity contribution in [1.82, 2.24) is 18.8 Å². The predicted octanol–water partition coefficient (Wildman–Crippen LogP) is 2.95. The van der Waals surface area contributed by atoms with E-state index in [1.165, 1.54) is 11.3 Å². The van der Waals surface area contributed by atoms with Gasteiger partial charge in [-0.2, -0.15) is 4.31 Å². The second-order valence-corrected chi connectivity index (χ2v) is 9.18. The van der Waals surface area contributed by atoms with Gasteiger partial charge in [-0.15, -0.1) is 11.3 Å². The van der Waals surface area contributed by atoms with Gasteiger partial charge in [0.2, 0.25) is 0 Å². The summed E-state index contributed by atoms with van der Waals surface area (Å²) in [7, 11) is -3.40. The molecule has 1 saturated heterocycles. The van der Waals surface area contributed by atoms with E-state index in [0.29, 0.717) is 17.3 Å². The van der Waals surface area contributed by atoms with Crippen molar-refractivity contribution in [1.29, 1.82) is 0 Å². The molecule has 4 rings (SSSR count). The Kier molecular flexibility index (Phi) is 4.18. The number of pyridine rings is 1. The lowest BCUT2D eigenvalue weighted by atomic mass is 10.2. The van der Waals surface area contributed by atoms with E-state index in [4.69, 9.17) is 0 Å². The molecule has 25 heavy (non-hydrogen) atoms. The van der Waals surface area contributed by atoms with E-state index in [9.17, 15) is 8.42 Å². The summed E-state index contributed by atoms with van der Waals surface area (Å²) in [4.78, 5) is 8.59. The first-order valence-corrected chi connectivity index (χ1v) is 10.4. The number of imidazole rings is 1. The van der Waals surface area contributed by atoms with Crippen LogP contribution in [0.2, 0.25) is 0 Å². The summed E-state index contributed by atoms with van der Waals surface area (Å²) in [5.41, 5.74) is 2.02. The molecule has 0 radical (unpaired) electrons. The van der Waals surface area contributed by atoms with Gasteiger partial charge < -0.3 is 4.57 Å². The minimum absolute atomic E-state index is 0.0837. The molecule has 4 heterocycles. The van der Waals surface area contributed by atoms with Crippen LogP contribution in [-0.4, -0.2) is 40.3 Å². The first kappa shape index (κ1) is 16.4. The van der Waals surface area contributed by atoms with E-state index in [2.05, 4.69) is 14.5 Å². The molecule has 0 aliphatic carbocycles. The van der Waals surface area contributed by atoms with E-state index in [1.807, 2.05) is 25.3 Å². The van der Waals surface area contributed by atoms with Crippen molar-refractivity contribution in [3.05, 3.63) is 53.9 Å². The normalized spacial score (nSPS) is 18.7. The summed E-state index contributed by atoms with van der Waals surface area (Å²) in [5.74, 6) is 0.861. The first-order valence-electron chi connectivity index (χ1n) is 8.05. The Morgan fingerprint density at radius 3 is 2.76 bits per heavy atom. The molecule has 3 aromatic heterocycles. The van der Waals surface area contributed by atoms with Crippen molar-refractivity contribution in [2.45, 2.75) is 23.6 Å². The molecule has 0 saturated carbocycles. The molecule has 1 fully saturated rings. The zero-order chi connectivity index (χ0) is 17.4. The first-order chi connectivity index (χ1) is 12.1. The van der Waals surface area contributed by atoms with Gasteiger partial charge in [0.05, 0.1) is 6.04 Å². The van der Waals surface area contributed by atoms with Crippen molar-refractivity contribution in [2.75, 3.05) is 13.1 Å². The fraction of sp³-hybridized carbons (Fsp3) is 0.294. The number of hydrogen-bond acceptors (Lipinski definition) is 5.